The first-order chi connectivity index (χ1) is 10.1. The molecule has 0 aromatic rings. The molecule has 0 amide bonds. The molecule has 3 heteroatoms. The molecule has 133 valence electrons. The van der Waals surface area contributed by atoms with Crippen LogP contribution >= 0.6 is 17.2 Å². The molecule has 0 aliphatic heterocycles. The van der Waals surface area contributed by atoms with Crippen molar-refractivity contribution in [2.45, 2.75) is 90.2 Å². The third-order valence-electron chi connectivity index (χ3n) is 4.09. The van der Waals surface area contributed by atoms with Crippen LogP contribution in [0.25, 0.3) is 0 Å². The largest absolute Gasteiger partial charge is 0.125 e. The Bertz CT molecular complexity index is 412. The molecule has 0 saturated carbocycles. The van der Waals surface area contributed by atoms with Crippen molar-refractivity contribution >= 4 is 24.4 Å². The lowest BCUT2D eigenvalue weighted by Crippen LogP contribution is -2.29. The molecule has 0 aliphatic rings. The van der Waals surface area contributed by atoms with Gasteiger partial charge in [-0.15, -0.1) is 17.2 Å². The molecule has 0 fully saturated rings. The lowest BCUT2D eigenvalue weighted by atomic mass is 9.42. The first-order valence-electron chi connectivity index (χ1n) is 8.80. The topological polar surface area (TPSA) is 0 Å². The summed E-state index contributed by atoms with van der Waals surface area (Å²) in [5, 5.41) is 1.27. The number of rotatable bonds is 9. The Morgan fingerprint density at radius 2 is 1.30 bits per heavy atom. The van der Waals surface area contributed by atoms with Crippen molar-refractivity contribution in [2.24, 2.45) is 0 Å². The van der Waals surface area contributed by atoms with E-state index in [0.29, 0.717) is 10.5 Å². The molecule has 0 spiro atoms. The monoisotopic (exact) mass is 353 g/mol. The quantitative estimate of drug-likeness (QED) is 0.234. The molecule has 0 saturated heterocycles. The number of hydrogen-bond donors (Lipinski definition) is 0. The van der Waals surface area contributed by atoms with Crippen molar-refractivity contribution in [1.82, 2.24) is 0 Å². The van der Waals surface area contributed by atoms with Gasteiger partial charge in [-0.05, 0) is 30.0 Å². The molecule has 1 radical (unpaired) electrons. The van der Waals surface area contributed by atoms with Crippen LogP contribution in [0.5, 0.6) is 0 Å². The Kier molecular flexibility index (Phi) is 8.82. The Hall–Kier alpha value is 0.405. The van der Waals surface area contributed by atoms with E-state index in [2.05, 4.69) is 89.2 Å². The van der Waals surface area contributed by atoms with Gasteiger partial charge in [0.05, 0.1) is 0 Å². The van der Waals surface area contributed by atoms with E-state index in [4.69, 9.17) is 0 Å². The van der Waals surface area contributed by atoms with Crippen LogP contribution in [0, 0.1) is 0 Å². The molecule has 0 rings (SSSR count). The molecular formula is C20H40BP2. The van der Waals surface area contributed by atoms with Gasteiger partial charge in [0.25, 0.3) is 0 Å². The molecule has 0 nitrogen and oxygen atoms in total. The zero-order valence-corrected chi connectivity index (χ0v) is 19.4. The van der Waals surface area contributed by atoms with E-state index in [1.165, 1.54) is 17.9 Å². The highest BCUT2D eigenvalue weighted by atomic mass is 31.1. The van der Waals surface area contributed by atoms with Crippen LogP contribution in [0.2, 0.25) is 10.6 Å². The van der Waals surface area contributed by atoms with Gasteiger partial charge in [0.2, 0.25) is 0 Å². The number of allylic oxidation sites excluding steroid dienone is 3. The standard InChI is InChI=1S/C20H40BP2/c1-12-16(13-2)20(10,11)23-15-19(8,9)21-18(6,7)14-22-17(3,4)5/h12-13,22-23H,1,14-15H2,2-11H3/b16-13+. The van der Waals surface area contributed by atoms with Crippen molar-refractivity contribution in [2.75, 3.05) is 12.3 Å². The van der Waals surface area contributed by atoms with Gasteiger partial charge in [-0.3, -0.25) is 0 Å². The van der Waals surface area contributed by atoms with Gasteiger partial charge in [0.1, 0.15) is 7.28 Å². The van der Waals surface area contributed by atoms with E-state index in [9.17, 15) is 0 Å². The van der Waals surface area contributed by atoms with Crippen LogP contribution in [0.4, 0.5) is 0 Å². The van der Waals surface area contributed by atoms with Crippen molar-refractivity contribution in [1.29, 1.82) is 0 Å². The first kappa shape index (κ1) is 23.4. The lowest BCUT2D eigenvalue weighted by Gasteiger charge is -2.38. The fraction of sp³-hybridized carbons (Fsp3) is 0.800. The Morgan fingerprint density at radius 1 is 0.870 bits per heavy atom. The minimum absolute atomic E-state index is 0.235. The third-order valence-corrected chi connectivity index (χ3v) is 8.50. The van der Waals surface area contributed by atoms with Crippen molar-refractivity contribution in [3.63, 3.8) is 0 Å². The summed E-state index contributed by atoms with van der Waals surface area (Å²) in [7, 11) is 4.54. The van der Waals surface area contributed by atoms with Crippen LogP contribution in [-0.2, 0) is 0 Å². The molecule has 2 atom stereocenters. The van der Waals surface area contributed by atoms with Gasteiger partial charge in [-0.2, -0.15) is 0 Å². The summed E-state index contributed by atoms with van der Waals surface area (Å²) in [5.41, 5.74) is 1.38. The van der Waals surface area contributed by atoms with Crippen molar-refractivity contribution in [3.05, 3.63) is 24.3 Å². The van der Waals surface area contributed by atoms with Crippen molar-refractivity contribution < 1.29 is 0 Å². The molecule has 2 unspecified atom stereocenters. The van der Waals surface area contributed by atoms with Gasteiger partial charge < -0.3 is 0 Å². The van der Waals surface area contributed by atoms with Crippen molar-refractivity contribution in [3.8, 4) is 0 Å². The summed E-state index contributed by atoms with van der Waals surface area (Å²) in [5.74, 6) is 0. The summed E-state index contributed by atoms with van der Waals surface area (Å²) in [6.45, 7) is 27.5. The van der Waals surface area contributed by atoms with Gasteiger partial charge >= 0.3 is 0 Å². The Labute approximate surface area is 151 Å². The van der Waals surface area contributed by atoms with Crippen LogP contribution < -0.4 is 0 Å². The molecule has 0 heterocycles. The highest BCUT2D eigenvalue weighted by Crippen LogP contribution is 2.48. The predicted molar refractivity (Wildman–Crippen MR) is 118 cm³/mol. The van der Waals surface area contributed by atoms with Gasteiger partial charge in [-0.25, -0.2) is 0 Å². The summed E-state index contributed by atoms with van der Waals surface area (Å²) in [6.07, 6.45) is 6.77. The molecular weight excluding hydrogens is 313 g/mol. The van der Waals surface area contributed by atoms with E-state index in [1.54, 1.807) is 0 Å². The second-order valence-corrected chi connectivity index (χ2v) is 13.8. The smallest absolute Gasteiger partial charge is 0.117 e. The highest BCUT2D eigenvalue weighted by Gasteiger charge is 2.33. The Balaban J connectivity index is 4.73. The van der Waals surface area contributed by atoms with Crippen LogP contribution in [-0.4, -0.2) is 29.9 Å². The van der Waals surface area contributed by atoms with E-state index in [1.807, 2.05) is 6.08 Å². The molecule has 23 heavy (non-hydrogen) atoms. The molecule has 0 aromatic heterocycles. The van der Waals surface area contributed by atoms with Crippen LogP contribution in [0.3, 0.4) is 0 Å². The first-order valence-corrected chi connectivity index (χ1v) is 11.2. The zero-order chi connectivity index (χ0) is 18.5. The summed E-state index contributed by atoms with van der Waals surface area (Å²) in [4.78, 5) is 0. The summed E-state index contributed by atoms with van der Waals surface area (Å²) in [6, 6.07) is 0. The van der Waals surface area contributed by atoms with Gasteiger partial charge in [0, 0.05) is 5.16 Å². The summed E-state index contributed by atoms with van der Waals surface area (Å²) < 4.78 is 0. The second-order valence-electron chi connectivity index (χ2n) is 9.65. The normalized spacial score (nSPS) is 15.8. The van der Waals surface area contributed by atoms with E-state index < -0.39 is 0 Å². The molecule has 0 aromatic carbocycles. The van der Waals surface area contributed by atoms with Gasteiger partial charge in [0.15, 0.2) is 0 Å². The minimum Gasteiger partial charge on any atom is -0.117 e. The minimum atomic E-state index is 0.235. The lowest BCUT2D eigenvalue weighted by molar-refractivity contribution is 0.669. The maximum Gasteiger partial charge on any atom is 0.125 e. The molecule has 0 aliphatic carbocycles. The predicted octanol–water partition coefficient (Wildman–Crippen LogP) is 7.15. The maximum atomic E-state index is 3.98. The molecule has 0 bridgehead atoms. The zero-order valence-electron chi connectivity index (χ0n) is 17.4. The van der Waals surface area contributed by atoms with Crippen LogP contribution in [0.1, 0.15) is 69.2 Å². The average Bonchev–Trinajstić information content (AvgIpc) is 2.34. The third kappa shape index (κ3) is 10.1. The van der Waals surface area contributed by atoms with E-state index in [0.717, 1.165) is 17.2 Å². The average molecular weight is 353 g/mol. The Morgan fingerprint density at radius 3 is 1.65 bits per heavy atom. The summed E-state index contributed by atoms with van der Waals surface area (Å²) >= 11 is 0. The SMILES string of the molecule is C=C/C(=C\C)C(C)(C)PCC(C)(C)[B]C(C)(C)CPC(C)(C)C. The van der Waals surface area contributed by atoms with Crippen LogP contribution in [0.15, 0.2) is 24.3 Å². The second kappa shape index (κ2) is 8.67. The molecule has 0 N–H and O–H groups in total. The van der Waals surface area contributed by atoms with Gasteiger partial charge in [-0.1, -0.05) is 91.7 Å². The van der Waals surface area contributed by atoms with E-state index >= 15 is 0 Å². The maximum absolute atomic E-state index is 3.98. The van der Waals surface area contributed by atoms with E-state index in [-0.39, 0.29) is 10.5 Å². The number of hydrogen-bond acceptors (Lipinski definition) is 0. The highest BCUT2D eigenvalue weighted by molar-refractivity contribution is 7.40. The fourth-order valence-electron chi connectivity index (χ4n) is 2.94. The fourth-order valence-corrected chi connectivity index (χ4v) is 5.48.